The Kier molecular flexibility index (Phi) is 8.34. The molecule has 2 aromatic rings. The quantitative estimate of drug-likeness (QED) is 0.377. The number of nitriles is 1. The van der Waals surface area contributed by atoms with Crippen LogP contribution in [0.25, 0.3) is 6.08 Å². The van der Waals surface area contributed by atoms with Gasteiger partial charge in [-0.25, -0.2) is 4.79 Å². The van der Waals surface area contributed by atoms with Crippen molar-refractivity contribution >= 4 is 35.2 Å². The second kappa shape index (κ2) is 11.2. The minimum absolute atomic E-state index is 0.0408. The molecule has 0 spiro atoms. The van der Waals surface area contributed by atoms with Crippen LogP contribution in [-0.2, 0) is 19.1 Å². The zero-order valence-corrected chi connectivity index (χ0v) is 17.4. The minimum Gasteiger partial charge on any atom is -0.451 e. The highest BCUT2D eigenvalue weighted by Crippen LogP contribution is 2.16. The molecule has 8 nitrogen and oxygen atoms in total. The van der Waals surface area contributed by atoms with Crippen molar-refractivity contribution in [3.05, 3.63) is 65.7 Å². The molecule has 2 rings (SSSR count). The van der Waals surface area contributed by atoms with Gasteiger partial charge >= 0.3 is 5.97 Å². The summed E-state index contributed by atoms with van der Waals surface area (Å²) < 4.78 is 5.05. The molecule has 8 heteroatoms. The van der Waals surface area contributed by atoms with E-state index in [1.165, 1.54) is 11.0 Å². The van der Waals surface area contributed by atoms with Crippen molar-refractivity contribution in [1.82, 2.24) is 0 Å². The monoisotopic (exact) mass is 420 g/mol. The van der Waals surface area contributed by atoms with Crippen molar-refractivity contribution in [1.29, 1.82) is 5.26 Å². The van der Waals surface area contributed by atoms with E-state index in [9.17, 15) is 19.6 Å². The van der Waals surface area contributed by atoms with Crippen molar-refractivity contribution in [2.24, 2.45) is 5.73 Å². The summed E-state index contributed by atoms with van der Waals surface area (Å²) in [6, 6.07) is 17.7. The van der Waals surface area contributed by atoms with Crippen molar-refractivity contribution in [2.45, 2.75) is 6.42 Å². The standard InChI is InChI=1S/C23H24N4O4/c1-26(2)19-10-8-17(9-11-19)14-18(15-24)23(30)31-16-22(29)27(13-12-21(25)28)20-6-4-3-5-7-20/h3-11,14H,12-13,16H2,1-2H3,(H2,25,28)/b18-14+. The van der Waals surface area contributed by atoms with E-state index in [0.717, 1.165) is 5.69 Å². The molecule has 0 aliphatic rings. The van der Waals surface area contributed by atoms with Gasteiger partial charge in [-0.1, -0.05) is 30.3 Å². The number of ether oxygens (including phenoxy) is 1. The molecule has 2 amide bonds. The Morgan fingerprint density at radius 3 is 2.23 bits per heavy atom. The van der Waals surface area contributed by atoms with Crippen LogP contribution < -0.4 is 15.5 Å². The Bertz CT molecular complexity index is 992. The lowest BCUT2D eigenvalue weighted by atomic mass is 10.1. The van der Waals surface area contributed by atoms with E-state index in [0.29, 0.717) is 11.3 Å². The molecule has 0 radical (unpaired) electrons. The largest absolute Gasteiger partial charge is 0.451 e. The van der Waals surface area contributed by atoms with Crippen molar-refractivity contribution in [3.8, 4) is 6.07 Å². The first-order valence-corrected chi connectivity index (χ1v) is 9.52. The Morgan fingerprint density at radius 2 is 1.68 bits per heavy atom. The summed E-state index contributed by atoms with van der Waals surface area (Å²) >= 11 is 0. The van der Waals surface area contributed by atoms with Crippen molar-refractivity contribution in [3.63, 3.8) is 0 Å². The number of amides is 2. The van der Waals surface area contributed by atoms with Crippen LogP contribution in [0.5, 0.6) is 0 Å². The molecule has 0 atom stereocenters. The van der Waals surface area contributed by atoms with E-state index in [-0.39, 0.29) is 18.5 Å². The zero-order chi connectivity index (χ0) is 22.8. The topological polar surface area (TPSA) is 117 Å². The number of nitrogens with zero attached hydrogens (tertiary/aromatic N) is 3. The number of carbonyl (C=O) groups is 3. The molecular weight excluding hydrogens is 396 g/mol. The summed E-state index contributed by atoms with van der Waals surface area (Å²) in [7, 11) is 3.81. The van der Waals surface area contributed by atoms with E-state index in [1.807, 2.05) is 31.1 Å². The van der Waals surface area contributed by atoms with Crippen LogP contribution in [0.1, 0.15) is 12.0 Å². The average Bonchev–Trinajstić information content (AvgIpc) is 2.76. The fourth-order valence-corrected chi connectivity index (χ4v) is 2.68. The number of carbonyl (C=O) groups excluding carboxylic acids is 3. The van der Waals surface area contributed by atoms with Gasteiger partial charge in [-0.15, -0.1) is 0 Å². The lowest BCUT2D eigenvalue weighted by Crippen LogP contribution is -2.37. The molecule has 2 N–H and O–H groups in total. The Hall–Kier alpha value is -4.12. The first-order chi connectivity index (χ1) is 14.8. The van der Waals surface area contributed by atoms with Crippen LogP contribution in [0.15, 0.2) is 60.2 Å². The minimum atomic E-state index is -0.907. The molecule has 0 aliphatic heterocycles. The third kappa shape index (κ3) is 7.01. The van der Waals surface area contributed by atoms with E-state index in [4.69, 9.17) is 10.5 Å². The second-order valence-corrected chi connectivity index (χ2v) is 6.83. The molecule has 0 fully saturated rings. The molecule has 160 valence electrons. The van der Waals surface area contributed by atoms with Crippen LogP contribution in [-0.4, -0.2) is 45.0 Å². The summed E-state index contributed by atoms with van der Waals surface area (Å²) in [6.07, 6.45) is 1.36. The Morgan fingerprint density at radius 1 is 1.03 bits per heavy atom. The van der Waals surface area contributed by atoms with Gasteiger partial charge < -0.3 is 20.3 Å². The van der Waals surface area contributed by atoms with Crippen molar-refractivity contribution in [2.75, 3.05) is 37.0 Å². The van der Waals surface area contributed by atoms with E-state index in [1.54, 1.807) is 48.5 Å². The molecule has 0 saturated heterocycles. The number of benzene rings is 2. The lowest BCUT2D eigenvalue weighted by molar-refractivity contribution is -0.143. The molecule has 0 aliphatic carbocycles. The Balaban J connectivity index is 2.07. The second-order valence-electron chi connectivity index (χ2n) is 6.83. The maximum absolute atomic E-state index is 12.6. The molecule has 0 unspecified atom stereocenters. The number of hydrogen-bond donors (Lipinski definition) is 1. The highest BCUT2D eigenvalue weighted by Gasteiger charge is 2.19. The fourth-order valence-electron chi connectivity index (χ4n) is 2.68. The summed E-state index contributed by atoms with van der Waals surface area (Å²) in [6.45, 7) is -0.528. The first-order valence-electron chi connectivity index (χ1n) is 9.52. The van der Waals surface area contributed by atoms with Gasteiger partial charge in [0.15, 0.2) is 6.61 Å². The Labute approximate surface area is 181 Å². The number of para-hydroxylation sites is 1. The van der Waals surface area contributed by atoms with Crippen molar-refractivity contribution < 1.29 is 19.1 Å². The maximum Gasteiger partial charge on any atom is 0.349 e. The summed E-state index contributed by atoms with van der Waals surface area (Å²) in [5, 5.41) is 9.32. The molecule has 0 heterocycles. The number of hydrogen-bond acceptors (Lipinski definition) is 6. The normalized spacial score (nSPS) is 10.7. The summed E-state index contributed by atoms with van der Waals surface area (Å²) in [5.74, 6) is -2.00. The fraction of sp³-hybridized carbons (Fsp3) is 0.217. The number of rotatable bonds is 9. The SMILES string of the molecule is CN(C)c1ccc(/C=C(\C#N)C(=O)OCC(=O)N(CCC(N)=O)c2ccccc2)cc1. The van der Waals surface area contributed by atoms with Crippen LogP contribution in [0, 0.1) is 11.3 Å². The van der Waals surface area contributed by atoms with Gasteiger partial charge in [-0.05, 0) is 35.9 Å². The number of anilines is 2. The number of nitrogens with two attached hydrogens (primary N) is 1. The van der Waals surface area contributed by atoms with E-state index >= 15 is 0 Å². The third-order valence-electron chi connectivity index (χ3n) is 4.34. The highest BCUT2D eigenvalue weighted by molar-refractivity contribution is 6.01. The first kappa shape index (κ1) is 23.2. The van der Waals surface area contributed by atoms with Crippen LogP contribution in [0.2, 0.25) is 0 Å². The van der Waals surface area contributed by atoms with E-state index < -0.39 is 24.4 Å². The predicted octanol–water partition coefficient (Wildman–Crippen LogP) is 2.11. The molecule has 31 heavy (non-hydrogen) atoms. The molecular formula is C23H24N4O4. The van der Waals surface area contributed by atoms with Crippen LogP contribution >= 0.6 is 0 Å². The molecule has 0 saturated carbocycles. The van der Waals surface area contributed by atoms with Gasteiger partial charge in [0.1, 0.15) is 11.6 Å². The van der Waals surface area contributed by atoms with Gasteiger partial charge in [-0.2, -0.15) is 5.26 Å². The van der Waals surface area contributed by atoms with Gasteiger partial charge in [0.05, 0.1) is 0 Å². The zero-order valence-electron chi connectivity index (χ0n) is 17.4. The van der Waals surface area contributed by atoms with Crippen LogP contribution in [0.3, 0.4) is 0 Å². The number of esters is 1. The van der Waals surface area contributed by atoms with Gasteiger partial charge in [0, 0.05) is 38.4 Å². The highest BCUT2D eigenvalue weighted by atomic mass is 16.5. The smallest absolute Gasteiger partial charge is 0.349 e. The van der Waals surface area contributed by atoms with Crippen LogP contribution in [0.4, 0.5) is 11.4 Å². The van der Waals surface area contributed by atoms with E-state index in [2.05, 4.69) is 0 Å². The summed E-state index contributed by atoms with van der Waals surface area (Å²) in [4.78, 5) is 39.3. The van der Waals surface area contributed by atoms with Gasteiger partial charge in [-0.3, -0.25) is 9.59 Å². The molecule has 2 aromatic carbocycles. The van der Waals surface area contributed by atoms with Gasteiger partial charge in [0.25, 0.3) is 5.91 Å². The molecule has 0 bridgehead atoms. The predicted molar refractivity (Wildman–Crippen MR) is 118 cm³/mol. The third-order valence-corrected chi connectivity index (χ3v) is 4.34. The lowest BCUT2D eigenvalue weighted by Gasteiger charge is -2.22. The summed E-state index contributed by atoms with van der Waals surface area (Å²) in [5.41, 5.74) is 7.13. The van der Waals surface area contributed by atoms with Gasteiger partial charge in [0.2, 0.25) is 5.91 Å². The average molecular weight is 420 g/mol. The molecule has 0 aromatic heterocycles. The maximum atomic E-state index is 12.6. The number of primary amides is 1.